The van der Waals surface area contributed by atoms with Crippen molar-refractivity contribution < 1.29 is 4.74 Å². The van der Waals surface area contributed by atoms with E-state index in [0.717, 1.165) is 18.0 Å². The Hall–Kier alpha value is -1.62. The lowest BCUT2D eigenvalue weighted by atomic mass is 9.78. The van der Waals surface area contributed by atoms with E-state index in [1.54, 1.807) is 6.20 Å². The van der Waals surface area contributed by atoms with Crippen LogP contribution in [0.15, 0.2) is 48.7 Å². The molecular formula is C21H28ClN3O. The molecule has 1 N–H and O–H groups in total. The largest absolute Gasteiger partial charge is 0.487 e. The van der Waals surface area contributed by atoms with E-state index in [1.807, 2.05) is 24.3 Å². The van der Waals surface area contributed by atoms with E-state index in [2.05, 4.69) is 33.4 Å². The molecule has 0 bridgehead atoms. The van der Waals surface area contributed by atoms with E-state index in [1.165, 1.54) is 51.0 Å². The zero-order chi connectivity index (χ0) is 17.0. The van der Waals surface area contributed by atoms with E-state index in [-0.39, 0.29) is 12.4 Å². The summed E-state index contributed by atoms with van der Waals surface area (Å²) in [7, 11) is 0. The highest BCUT2D eigenvalue weighted by Gasteiger charge is 2.38. The molecule has 2 aliphatic rings. The van der Waals surface area contributed by atoms with Crippen LogP contribution in [0.4, 0.5) is 0 Å². The standard InChI is InChI=1S/C21H27N3O.ClH/c1-2-10-23-19(5-1)16-25-20-6-3-4-18(14-20)15-24-13-9-21(17-24)7-11-22-12-8-21;/h1-6,10,14,22H,7-9,11-13,15-17H2;1H. The fraction of sp³-hybridized carbons (Fsp3) is 0.476. The van der Waals surface area contributed by atoms with Gasteiger partial charge in [-0.15, -0.1) is 12.4 Å². The Kier molecular flexibility index (Phi) is 6.52. The van der Waals surface area contributed by atoms with Crippen molar-refractivity contribution in [1.29, 1.82) is 0 Å². The van der Waals surface area contributed by atoms with Crippen molar-refractivity contribution in [3.63, 3.8) is 0 Å². The van der Waals surface area contributed by atoms with E-state index in [4.69, 9.17) is 4.74 Å². The van der Waals surface area contributed by atoms with Crippen LogP contribution in [0.2, 0.25) is 0 Å². The molecule has 5 heteroatoms. The minimum atomic E-state index is 0. The van der Waals surface area contributed by atoms with Crippen LogP contribution in [0.25, 0.3) is 0 Å². The second-order valence-electron chi connectivity index (χ2n) is 7.47. The molecule has 26 heavy (non-hydrogen) atoms. The van der Waals surface area contributed by atoms with Crippen LogP contribution in [-0.2, 0) is 13.2 Å². The third kappa shape index (κ3) is 4.76. The lowest BCUT2D eigenvalue weighted by Gasteiger charge is -2.34. The average Bonchev–Trinajstić information content (AvgIpc) is 3.03. The summed E-state index contributed by atoms with van der Waals surface area (Å²) in [6, 6.07) is 14.4. The summed E-state index contributed by atoms with van der Waals surface area (Å²) >= 11 is 0. The molecule has 1 aromatic heterocycles. The number of nitrogens with zero attached hydrogens (tertiary/aromatic N) is 2. The number of nitrogens with one attached hydrogen (secondary N) is 1. The number of ether oxygens (including phenoxy) is 1. The zero-order valence-corrected chi connectivity index (χ0v) is 16.0. The van der Waals surface area contributed by atoms with Crippen molar-refractivity contribution >= 4 is 12.4 Å². The first kappa shape index (κ1) is 19.2. The molecule has 3 heterocycles. The van der Waals surface area contributed by atoms with Gasteiger partial charge in [-0.2, -0.15) is 0 Å². The Morgan fingerprint density at radius 3 is 2.77 bits per heavy atom. The van der Waals surface area contributed by atoms with Gasteiger partial charge in [-0.1, -0.05) is 18.2 Å². The van der Waals surface area contributed by atoms with Crippen LogP contribution in [0.5, 0.6) is 5.75 Å². The van der Waals surface area contributed by atoms with Crippen LogP contribution >= 0.6 is 12.4 Å². The first-order chi connectivity index (χ1) is 12.3. The Balaban J connectivity index is 0.00000196. The molecule has 1 aromatic carbocycles. The summed E-state index contributed by atoms with van der Waals surface area (Å²) in [5.74, 6) is 0.930. The van der Waals surface area contributed by atoms with Crippen LogP contribution in [0.1, 0.15) is 30.5 Å². The molecule has 2 saturated heterocycles. The van der Waals surface area contributed by atoms with Gasteiger partial charge in [0.1, 0.15) is 12.4 Å². The summed E-state index contributed by atoms with van der Waals surface area (Å²) in [6.45, 7) is 6.38. The summed E-state index contributed by atoms with van der Waals surface area (Å²) in [5.41, 5.74) is 2.86. The van der Waals surface area contributed by atoms with Crippen molar-refractivity contribution in [2.45, 2.75) is 32.4 Å². The molecular weight excluding hydrogens is 346 g/mol. The molecule has 1 spiro atoms. The smallest absolute Gasteiger partial charge is 0.130 e. The predicted octanol–water partition coefficient (Wildman–Crippen LogP) is 3.66. The molecule has 0 saturated carbocycles. The van der Waals surface area contributed by atoms with Gasteiger partial charge in [0.2, 0.25) is 0 Å². The molecule has 2 aromatic rings. The minimum Gasteiger partial charge on any atom is -0.487 e. The number of pyridine rings is 1. The SMILES string of the molecule is Cl.c1ccc(COc2cccc(CN3CCC4(CCNCC4)C3)c2)nc1. The fourth-order valence-electron chi connectivity index (χ4n) is 4.16. The first-order valence-electron chi connectivity index (χ1n) is 9.36. The number of rotatable bonds is 5. The number of likely N-dealkylation sites (tertiary alicyclic amines) is 1. The van der Waals surface area contributed by atoms with E-state index < -0.39 is 0 Å². The van der Waals surface area contributed by atoms with E-state index in [9.17, 15) is 0 Å². The Morgan fingerprint density at radius 1 is 1.08 bits per heavy atom. The maximum Gasteiger partial charge on any atom is 0.130 e. The van der Waals surface area contributed by atoms with Crippen LogP contribution in [0.3, 0.4) is 0 Å². The zero-order valence-electron chi connectivity index (χ0n) is 15.2. The van der Waals surface area contributed by atoms with E-state index >= 15 is 0 Å². The average molecular weight is 374 g/mol. The summed E-state index contributed by atoms with van der Waals surface area (Å²) in [6.07, 6.45) is 5.82. The van der Waals surface area contributed by atoms with Gasteiger partial charge < -0.3 is 10.1 Å². The number of hydrogen-bond donors (Lipinski definition) is 1. The van der Waals surface area contributed by atoms with Gasteiger partial charge in [0.05, 0.1) is 5.69 Å². The molecule has 0 aliphatic carbocycles. The number of benzene rings is 1. The van der Waals surface area contributed by atoms with Gasteiger partial charge in [-0.3, -0.25) is 9.88 Å². The quantitative estimate of drug-likeness (QED) is 0.867. The lowest BCUT2D eigenvalue weighted by Crippen LogP contribution is -2.38. The molecule has 0 radical (unpaired) electrons. The van der Waals surface area contributed by atoms with E-state index in [0.29, 0.717) is 12.0 Å². The Morgan fingerprint density at radius 2 is 1.96 bits per heavy atom. The monoisotopic (exact) mass is 373 g/mol. The molecule has 140 valence electrons. The van der Waals surface area contributed by atoms with Gasteiger partial charge in [0.15, 0.2) is 0 Å². The van der Waals surface area contributed by atoms with Crippen LogP contribution in [0, 0.1) is 5.41 Å². The number of aromatic nitrogens is 1. The van der Waals surface area contributed by atoms with Crippen LogP contribution < -0.4 is 10.1 Å². The third-order valence-electron chi connectivity index (χ3n) is 5.60. The molecule has 0 atom stereocenters. The van der Waals surface area contributed by atoms with Crippen LogP contribution in [-0.4, -0.2) is 36.1 Å². The van der Waals surface area contributed by atoms with Gasteiger partial charge in [-0.05, 0) is 74.1 Å². The van der Waals surface area contributed by atoms with Crippen molar-refractivity contribution in [2.75, 3.05) is 26.2 Å². The normalized spacial score (nSPS) is 19.2. The highest BCUT2D eigenvalue weighted by atomic mass is 35.5. The number of hydrogen-bond acceptors (Lipinski definition) is 4. The first-order valence-corrected chi connectivity index (χ1v) is 9.36. The Bertz CT molecular complexity index is 689. The molecule has 0 unspecified atom stereocenters. The number of piperidine rings is 1. The molecule has 4 nitrogen and oxygen atoms in total. The summed E-state index contributed by atoms with van der Waals surface area (Å²) in [5, 5.41) is 3.50. The molecule has 4 rings (SSSR count). The second-order valence-corrected chi connectivity index (χ2v) is 7.47. The van der Waals surface area contributed by atoms with Gasteiger partial charge in [0.25, 0.3) is 0 Å². The lowest BCUT2D eigenvalue weighted by molar-refractivity contribution is 0.194. The number of halogens is 1. The predicted molar refractivity (Wildman–Crippen MR) is 107 cm³/mol. The third-order valence-corrected chi connectivity index (χ3v) is 5.60. The molecule has 2 aliphatic heterocycles. The molecule has 0 amide bonds. The Labute approximate surface area is 162 Å². The summed E-state index contributed by atoms with van der Waals surface area (Å²) in [4.78, 5) is 6.92. The van der Waals surface area contributed by atoms with Crippen molar-refractivity contribution in [3.05, 3.63) is 59.9 Å². The minimum absolute atomic E-state index is 0. The highest BCUT2D eigenvalue weighted by Crippen LogP contribution is 2.39. The topological polar surface area (TPSA) is 37.4 Å². The van der Waals surface area contributed by atoms with Crippen molar-refractivity contribution in [3.8, 4) is 5.75 Å². The maximum absolute atomic E-state index is 5.92. The van der Waals surface area contributed by atoms with Crippen molar-refractivity contribution in [2.24, 2.45) is 5.41 Å². The van der Waals surface area contributed by atoms with Crippen molar-refractivity contribution in [1.82, 2.24) is 15.2 Å². The van der Waals surface area contributed by atoms with Gasteiger partial charge in [0, 0.05) is 19.3 Å². The molecule has 2 fully saturated rings. The van der Waals surface area contributed by atoms with Gasteiger partial charge in [-0.25, -0.2) is 0 Å². The summed E-state index contributed by atoms with van der Waals surface area (Å²) < 4.78 is 5.92. The fourth-order valence-corrected chi connectivity index (χ4v) is 4.16. The maximum atomic E-state index is 5.92. The second kappa shape index (κ2) is 8.85. The highest BCUT2D eigenvalue weighted by molar-refractivity contribution is 5.85. The van der Waals surface area contributed by atoms with Gasteiger partial charge >= 0.3 is 0 Å².